The third kappa shape index (κ3) is 2.80. The van der Waals surface area contributed by atoms with Crippen LogP contribution in [0.2, 0.25) is 5.02 Å². The number of carbonyl (C=O) groups excluding carboxylic acids is 1. The van der Waals surface area contributed by atoms with E-state index in [2.05, 4.69) is 16.8 Å². The Balaban J connectivity index is 1.97. The smallest absolute Gasteiger partial charge is 0.339 e. The second-order valence-corrected chi connectivity index (χ2v) is 6.21. The fourth-order valence-corrected chi connectivity index (χ4v) is 3.68. The SMILES string of the molecule is COC(=O)c1ccc2ccn(CC3CCCCC3)c2c1Cl. The van der Waals surface area contributed by atoms with Crippen molar-refractivity contribution in [3.05, 3.63) is 35.0 Å². The summed E-state index contributed by atoms with van der Waals surface area (Å²) in [7, 11) is 1.38. The van der Waals surface area contributed by atoms with Crippen LogP contribution in [0.3, 0.4) is 0 Å². The number of carbonyl (C=O) groups is 1. The summed E-state index contributed by atoms with van der Waals surface area (Å²) < 4.78 is 6.99. The third-order valence-electron chi connectivity index (χ3n) is 4.45. The van der Waals surface area contributed by atoms with Gasteiger partial charge in [0.05, 0.1) is 23.2 Å². The van der Waals surface area contributed by atoms with Crippen LogP contribution in [0.4, 0.5) is 0 Å². The first-order chi connectivity index (χ1) is 10.2. The van der Waals surface area contributed by atoms with Gasteiger partial charge in [-0.15, -0.1) is 0 Å². The highest BCUT2D eigenvalue weighted by Gasteiger charge is 2.18. The monoisotopic (exact) mass is 305 g/mol. The molecule has 21 heavy (non-hydrogen) atoms. The molecule has 4 heteroatoms. The van der Waals surface area contributed by atoms with E-state index in [-0.39, 0.29) is 5.97 Å². The molecule has 3 nitrogen and oxygen atoms in total. The lowest BCUT2D eigenvalue weighted by Crippen LogP contribution is -2.13. The molecule has 0 amide bonds. The number of benzene rings is 1. The van der Waals surface area contributed by atoms with Crippen molar-refractivity contribution in [3.8, 4) is 0 Å². The van der Waals surface area contributed by atoms with Crippen LogP contribution in [0, 0.1) is 5.92 Å². The molecule has 0 saturated heterocycles. The Hall–Kier alpha value is -1.48. The van der Waals surface area contributed by atoms with Crippen molar-refractivity contribution in [3.63, 3.8) is 0 Å². The van der Waals surface area contributed by atoms with Gasteiger partial charge < -0.3 is 9.30 Å². The molecule has 0 aliphatic heterocycles. The molecule has 1 aromatic carbocycles. The van der Waals surface area contributed by atoms with Crippen molar-refractivity contribution in [2.45, 2.75) is 38.6 Å². The molecule has 0 atom stereocenters. The molecule has 1 aliphatic rings. The number of rotatable bonds is 3. The van der Waals surface area contributed by atoms with Crippen LogP contribution in [0.15, 0.2) is 24.4 Å². The molecule has 0 bridgehead atoms. The Morgan fingerprint density at radius 1 is 1.29 bits per heavy atom. The number of esters is 1. The minimum Gasteiger partial charge on any atom is -0.465 e. The molecule has 0 N–H and O–H groups in total. The Morgan fingerprint density at radius 3 is 2.76 bits per heavy atom. The number of nitrogens with zero attached hydrogens (tertiary/aromatic N) is 1. The summed E-state index contributed by atoms with van der Waals surface area (Å²) in [4.78, 5) is 11.8. The number of fused-ring (bicyclic) bond motifs is 1. The van der Waals surface area contributed by atoms with Crippen molar-refractivity contribution in [2.24, 2.45) is 5.92 Å². The molecular formula is C17H20ClNO2. The molecule has 0 radical (unpaired) electrons. The number of halogens is 1. The summed E-state index contributed by atoms with van der Waals surface area (Å²) in [6.07, 6.45) is 8.65. The van der Waals surface area contributed by atoms with E-state index in [4.69, 9.17) is 16.3 Å². The maximum absolute atomic E-state index is 11.8. The molecule has 1 aromatic heterocycles. The maximum Gasteiger partial charge on any atom is 0.339 e. The van der Waals surface area contributed by atoms with Gasteiger partial charge in [0.25, 0.3) is 0 Å². The van der Waals surface area contributed by atoms with E-state index in [0.717, 1.165) is 17.4 Å². The van der Waals surface area contributed by atoms with Crippen molar-refractivity contribution in [1.29, 1.82) is 0 Å². The van der Waals surface area contributed by atoms with Crippen LogP contribution in [0.1, 0.15) is 42.5 Å². The molecule has 0 spiro atoms. The Kier molecular flexibility index (Phi) is 4.20. The number of hydrogen-bond acceptors (Lipinski definition) is 2. The van der Waals surface area contributed by atoms with E-state index in [1.807, 2.05) is 6.07 Å². The lowest BCUT2D eigenvalue weighted by molar-refractivity contribution is 0.0601. The van der Waals surface area contributed by atoms with Gasteiger partial charge in [0.1, 0.15) is 0 Å². The van der Waals surface area contributed by atoms with E-state index in [1.165, 1.54) is 39.2 Å². The van der Waals surface area contributed by atoms with Gasteiger partial charge >= 0.3 is 5.97 Å². The van der Waals surface area contributed by atoms with Crippen molar-refractivity contribution in [1.82, 2.24) is 4.57 Å². The van der Waals surface area contributed by atoms with Crippen molar-refractivity contribution >= 4 is 28.5 Å². The van der Waals surface area contributed by atoms with E-state index in [9.17, 15) is 4.79 Å². The molecule has 2 aromatic rings. The van der Waals surface area contributed by atoms with Gasteiger partial charge in [-0.05, 0) is 30.9 Å². The molecule has 112 valence electrons. The summed E-state index contributed by atoms with van der Waals surface area (Å²) in [6.45, 7) is 0.980. The van der Waals surface area contributed by atoms with E-state index in [0.29, 0.717) is 16.5 Å². The van der Waals surface area contributed by atoms with Crippen LogP contribution in [0.25, 0.3) is 10.9 Å². The fourth-order valence-electron chi connectivity index (χ4n) is 3.32. The second kappa shape index (κ2) is 6.10. The number of hydrogen-bond donors (Lipinski definition) is 0. The van der Waals surface area contributed by atoms with Gasteiger partial charge in [0.2, 0.25) is 0 Å². The molecular weight excluding hydrogens is 286 g/mol. The lowest BCUT2D eigenvalue weighted by Gasteiger charge is -2.22. The minimum atomic E-state index is -0.382. The highest BCUT2D eigenvalue weighted by molar-refractivity contribution is 6.38. The van der Waals surface area contributed by atoms with E-state index < -0.39 is 0 Å². The largest absolute Gasteiger partial charge is 0.465 e. The predicted molar refractivity (Wildman–Crippen MR) is 84.9 cm³/mol. The van der Waals surface area contributed by atoms with Crippen molar-refractivity contribution < 1.29 is 9.53 Å². The fraction of sp³-hybridized carbons (Fsp3) is 0.471. The van der Waals surface area contributed by atoms with E-state index >= 15 is 0 Å². The van der Waals surface area contributed by atoms with Crippen LogP contribution in [-0.2, 0) is 11.3 Å². The Morgan fingerprint density at radius 2 is 2.05 bits per heavy atom. The number of methoxy groups -OCH3 is 1. The first kappa shape index (κ1) is 14.5. The minimum absolute atomic E-state index is 0.382. The highest BCUT2D eigenvalue weighted by Crippen LogP contribution is 2.31. The van der Waals surface area contributed by atoms with Crippen LogP contribution >= 0.6 is 11.6 Å². The zero-order valence-electron chi connectivity index (χ0n) is 12.3. The van der Waals surface area contributed by atoms with Gasteiger partial charge in [-0.1, -0.05) is 36.9 Å². The molecule has 1 fully saturated rings. The van der Waals surface area contributed by atoms with Gasteiger partial charge in [0, 0.05) is 18.1 Å². The normalized spacial score (nSPS) is 16.3. The summed E-state index contributed by atoms with van der Waals surface area (Å²) in [5, 5.41) is 1.57. The summed E-state index contributed by atoms with van der Waals surface area (Å²) >= 11 is 6.46. The predicted octanol–water partition coefficient (Wildman–Crippen LogP) is 4.66. The van der Waals surface area contributed by atoms with Crippen LogP contribution in [-0.4, -0.2) is 17.6 Å². The summed E-state index contributed by atoms with van der Waals surface area (Å²) in [5.41, 5.74) is 1.39. The first-order valence-electron chi connectivity index (χ1n) is 7.56. The van der Waals surface area contributed by atoms with Gasteiger partial charge in [-0.3, -0.25) is 0 Å². The zero-order chi connectivity index (χ0) is 14.8. The summed E-state index contributed by atoms with van der Waals surface area (Å²) in [6, 6.07) is 5.73. The van der Waals surface area contributed by atoms with Crippen LogP contribution in [0.5, 0.6) is 0 Å². The average Bonchev–Trinajstić information content (AvgIpc) is 2.92. The molecule has 1 aliphatic carbocycles. The molecule has 1 saturated carbocycles. The highest BCUT2D eigenvalue weighted by atomic mass is 35.5. The van der Waals surface area contributed by atoms with E-state index in [1.54, 1.807) is 6.07 Å². The van der Waals surface area contributed by atoms with Gasteiger partial charge in [-0.2, -0.15) is 0 Å². The van der Waals surface area contributed by atoms with Crippen molar-refractivity contribution in [2.75, 3.05) is 7.11 Å². The molecule has 1 heterocycles. The lowest BCUT2D eigenvalue weighted by atomic mass is 9.89. The third-order valence-corrected chi connectivity index (χ3v) is 4.84. The quantitative estimate of drug-likeness (QED) is 0.772. The maximum atomic E-state index is 11.8. The zero-order valence-corrected chi connectivity index (χ0v) is 13.0. The number of aromatic nitrogens is 1. The number of ether oxygens (including phenoxy) is 1. The molecule has 3 rings (SSSR count). The standard InChI is InChI=1S/C17H20ClNO2/c1-21-17(20)14-8-7-13-9-10-19(16(13)15(14)18)11-12-5-3-2-4-6-12/h7-10,12H,2-6,11H2,1H3. The molecule has 0 unspecified atom stereocenters. The Labute approximate surface area is 129 Å². The van der Waals surface area contributed by atoms with Gasteiger partial charge in [-0.25, -0.2) is 4.79 Å². The summed E-state index contributed by atoms with van der Waals surface area (Å²) in [5.74, 6) is 0.333. The second-order valence-electron chi connectivity index (χ2n) is 5.83. The van der Waals surface area contributed by atoms with Gasteiger partial charge in [0.15, 0.2) is 0 Å². The Bertz CT molecular complexity index is 656. The average molecular weight is 306 g/mol. The topological polar surface area (TPSA) is 31.2 Å². The van der Waals surface area contributed by atoms with Crippen LogP contribution < -0.4 is 0 Å². The first-order valence-corrected chi connectivity index (χ1v) is 7.94.